The highest BCUT2D eigenvalue weighted by molar-refractivity contribution is 14.0. The van der Waals surface area contributed by atoms with Crippen molar-refractivity contribution >= 4 is 35.8 Å². The van der Waals surface area contributed by atoms with E-state index in [9.17, 15) is 0 Å². The van der Waals surface area contributed by atoms with Gasteiger partial charge in [0, 0.05) is 59.1 Å². The fraction of sp³-hybridized carbons (Fsp3) is 0.667. The molecule has 0 amide bonds. The predicted octanol–water partition coefficient (Wildman–Crippen LogP) is 1.30. The Bertz CT molecular complexity index is 558. The van der Waals surface area contributed by atoms with E-state index in [1.807, 2.05) is 13.2 Å². The summed E-state index contributed by atoms with van der Waals surface area (Å²) in [4.78, 5) is 13.6. The Hall–Kier alpha value is -1.13. The maximum Gasteiger partial charge on any atom is 0.191 e. The number of guanidine groups is 1. The lowest BCUT2D eigenvalue weighted by Gasteiger charge is -2.26. The number of nitrogens with zero attached hydrogens (tertiary/aromatic N) is 4. The first-order valence-electron chi connectivity index (χ1n) is 9.29. The number of hydrogen-bond donors (Lipinski definition) is 2. The van der Waals surface area contributed by atoms with Crippen molar-refractivity contribution in [3.05, 3.63) is 23.9 Å². The maximum atomic E-state index is 5.38. The summed E-state index contributed by atoms with van der Waals surface area (Å²) in [7, 11) is 1.81. The molecular weight excluding hydrogens is 443 g/mol. The van der Waals surface area contributed by atoms with Gasteiger partial charge < -0.3 is 20.3 Å². The standard InChI is InChI=1S/C18H30N6O.HI/c1-19-18(21-6-9-23-10-12-25-13-11-23)22-15-16-4-5-20-17(14-16)24-7-2-3-8-24;/h4-5,14H,2-3,6-13,15H2,1H3,(H2,19,21,22);1H. The van der Waals surface area contributed by atoms with Crippen molar-refractivity contribution in [3.8, 4) is 0 Å². The first-order chi connectivity index (χ1) is 12.3. The molecule has 2 aliphatic heterocycles. The molecular formula is C18H31IN6O. The largest absolute Gasteiger partial charge is 0.379 e. The minimum atomic E-state index is 0. The zero-order valence-electron chi connectivity index (χ0n) is 15.6. The highest BCUT2D eigenvalue weighted by atomic mass is 127. The van der Waals surface area contributed by atoms with Crippen molar-refractivity contribution in [3.63, 3.8) is 0 Å². The van der Waals surface area contributed by atoms with E-state index < -0.39 is 0 Å². The Morgan fingerprint density at radius 2 is 1.96 bits per heavy atom. The highest BCUT2D eigenvalue weighted by Crippen LogP contribution is 2.18. The molecule has 0 bridgehead atoms. The van der Waals surface area contributed by atoms with Gasteiger partial charge in [0.2, 0.25) is 0 Å². The van der Waals surface area contributed by atoms with E-state index in [2.05, 4.69) is 42.5 Å². The molecule has 0 spiro atoms. The molecule has 0 radical (unpaired) electrons. The molecule has 0 atom stereocenters. The molecule has 7 nitrogen and oxygen atoms in total. The van der Waals surface area contributed by atoms with Gasteiger partial charge in [0.25, 0.3) is 0 Å². The number of rotatable bonds is 6. The van der Waals surface area contributed by atoms with E-state index in [1.54, 1.807) is 0 Å². The SMILES string of the molecule is CN=C(NCCN1CCOCC1)NCc1ccnc(N2CCCC2)c1.I. The van der Waals surface area contributed by atoms with Crippen LogP contribution in [0.4, 0.5) is 5.82 Å². The van der Waals surface area contributed by atoms with Gasteiger partial charge in [-0.15, -0.1) is 24.0 Å². The number of anilines is 1. The quantitative estimate of drug-likeness (QED) is 0.368. The van der Waals surface area contributed by atoms with Gasteiger partial charge in [-0.2, -0.15) is 0 Å². The number of ether oxygens (including phenoxy) is 1. The molecule has 146 valence electrons. The van der Waals surface area contributed by atoms with E-state index in [0.717, 1.165) is 70.8 Å². The second-order valence-corrected chi connectivity index (χ2v) is 6.52. The number of morpholine rings is 1. The maximum absolute atomic E-state index is 5.38. The summed E-state index contributed by atoms with van der Waals surface area (Å²) < 4.78 is 5.38. The van der Waals surface area contributed by atoms with Crippen molar-refractivity contribution in [1.82, 2.24) is 20.5 Å². The van der Waals surface area contributed by atoms with Crippen molar-refractivity contribution < 1.29 is 4.74 Å². The average Bonchev–Trinajstić information content (AvgIpc) is 3.20. The molecule has 1 aromatic heterocycles. The third kappa shape index (κ3) is 6.55. The van der Waals surface area contributed by atoms with Gasteiger partial charge in [0.15, 0.2) is 5.96 Å². The molecule has 2 fully saturated rings. The molecule has 2 N–H and O–H groups in total. The van der Waals surface area contributed by atoms with Crippen LogP contribution in [0.3, 0.4) is 0 Å². The van der Waals surface area contributed by atoms with Gasteiger partial charge in [-0.3, -0.25) is 9.89 Å². The second-order valence-electron chi connectivity index (χ2n) is 6.52. The van der Waals surface area contributed by atoms with E-state index in [0.29, 0.717) is 0 Å². The van der Waals surface area contributed by atoms with E-state index in [4.69, 9.17) is 4.74 Å². The van der Waals surface area contributed by atoms with Crippen LogP contribution in [0, 0.1) is 0 Å². The molecule has 1 aromatic rings. The van der Waals surface area contributed by atoms with Crippen LogP contribution in [0.25, 0.3) is 0 Å². The minimum Gasteiger partial charge on any atom is -0.379 e. The molecule has 0 aromatic carbocycles. The fourth-order valence-electron chi connectivity index (χ4n) is 3.25. The predicted molar refractivity (Wildman–Crippen MR) is 117 cm³/mol. The van der Waals surface area contributed by atoms with Gasteiger partial charge >= 0.3 is 0 Å². The number of hydrogen-bond acceptors (Lipinski definition) is 5. The zero-order valence-corrected chi connectivity index (χ0v) is 17.9. The van der Waals surface area contributed by atoms with Crippen LogP contribution in [0.1, 0.15) is 18.4 Å². The molecule has 0 saturated carbocycles. The van der Waals surface area contributed by atoms with Crippen LogP contribution in [0.15, 0.2) is 23.3 Å². The average molecular weight is 474 g/mol. The number of nitrogens with one attached hydrogen (secondary N) is 2. The van der Waals surface area contributed by atoms with Crippen LogP contribution in [0.2, 0.25) is 0 Å². The van der Waals surface area contributed by atoms with Crippen LogP contribution in [0.5, 0.6) is 0 Å². The third-order valence-corrected chi connectivity index (χ3v) is 4.75. The molecule has 3 rings (SSSR count). The first kappa shape index (κ1) is 21.2. The zero-order chi connectivity index (χ0) is 17.3. The van der Waals surface area contributed by atoms with Gasteiger partial charge in [0.1, 0.15) is 5.82 Å². The van der Waals surface area contributed by atoms with E-state index in [1.165, 1.54) is 18.4 Å². The number of aliphatic imine (C=N–C) groups is 1. The van der Waals surface area contributed by atoms with Gasteiger partial charge in [0.05, 0.1) is 13.2 Å². The smallest absolute Gasteiger partial charge is 0.191 e. The molecule has 0 aliphatic carbocycles. The number of pyridine rings is 1. The second kappa shape index (κ2) is 11.6. The van der Waals surface area contributed by atoms with Crippen molar-refractivity contribution in [1.29, 1.82) is 0 Å². The van der Waals surface area contributed by atoms with E-state index >= 15 is 0 Å². The highest BCUT2D eigenvalue weighted by Gasteiger charge is 2.13. The van der Waals surface area contributed by atoms with Gasteiger partial charge in [-0.05, 0) is 30.5 Å². The lowest BCUT2D eigenvalue weighted by Crippen LogP contribution is -2.44. The van der Waals surface area contributed by atoms with Crippen LogP contribution in [-0.2, 0) is 11.3 Å². The molecule has 2 aliphatic rings. The summed E-state index contributed by atoms with van der Waals surface area (Å²) in [5.41, 5.74) is 1.23. The lowest BCUT2D eigenvalue weighted by atomic mass is 10.2. The normalized spacial score (nSPS) is 18.5. The summed E-state index contributed by atoms with van der Waals surface area (Å²) >= 11 is 0. The lowest BCUT2D eigenvalue weighted by molar-refractivity contribution is 0.0389. The summed E-state index contributed by atoms with van der Waals surface area (Å²) in [6.45, 7) is 8.61. The van der Waals surface area contributed by atoms with Crippen LogP contribution < -0.4 is 15.5 Å². The summed E-state index contributed by atoms with van der Waals surface area (Å²) in [5, 5.41) is 6.78. The molecule has 0 unspecified atom stereocenters. The Balaban J connectivity index is 0.00000243. The Labute approximate surface area is 173 Å². The molecule has 8 heteroatoms. The van der Waals surface area contributed by atoms with Crippen LogP contribution in [-0.4, -0.2) is 75.4 Å². The molecule has 3 heterocycles. The van der Waals surface area contributed by atoms with Crippen molar-refractivity contribution in [2.75, 3.05) is 64.4 Å². The van der Waals surface area contributed by atoms with Crippen molar-refractivity contribution in [2.24, 2.45) is 4.99 Å². The molecule has 26 heavy (non-hydrogen) atoms. The third-order valence-electron chi connectivity index (χ3n) is 4.75. The molecule has 2 saturated heterocycles. The minimum absolute atomic E-state index is 0. The Kier molecular flexibility index (Phi) is 9.41. The fourth-order valence-corrected chi connectivity index (χ4v) is 3.25. The number of aromatic nitrogens is 1. The van der Waals surface area contributed by atoms with Crippen LogP contribution >= 0.6 is 24.0 Å². The Morgan fingerprint density at radius 1 is 1.19 bits per heavy atom. The summed E-state index contributed by atoms with van der Waals surface area (Å²) in [6, 6.07) is 4.24. The van der Waals surface area contributed by atoms with E-state index in [-0.39, 0.29) is 24.0 Å². The first-order valence-corrected chi connectivity index (χ1v) is 9.29. The summed E-state index contributed by atoms with van der Waals surface area (Å²) in [5.74, 6) is 1.93. The summed E-state index contributed by atoms with van der Waals surface area (Å²) in [6.07, 6.45) is 4.44. The van der Waals surface area contributed by atoms with Crippen molar-refractivity contribution in [2.45, 2.75) is 19.4 Å². The Morgan fingerprint density at radius 3 is 2.69 bits per heavy atom. The number of halogens is 1. The topological polar surface area (TPSA) is 65.0 Å². The van der Waals surface area contributed by atoms with Gasteiger partial charge in [-0.25, -0.2) is 4.98 Å². The van der Waals surface area contributed by atoms with Gasteiger partial charge in [-0.1, -0.05) is 0 Å². The monoisotopic (exact) mass is 474 g/mol.